The maximum absolute atomic E-state index is 12.9. The summed E-state index contributed by atoms with van der Waals surface area (Å²) in [6.07, 6.45) is 0. The lowest BCUT2D eigenvalue weighted by Gasteiger charge is -2.37. The number of aryl methyl sites for hydroxylation is 1. The van der Waals surface area contributed by atoms with E-state index in [1.165, 1.54) is 4.90 Å². The molecule has 0 radical (unpaired) electrons. The molecule has 146 valence electrons. The lowest BCUT2D eigenvalue weighted by molar-refractivity contribution is -0.139. The number of rotatable bonds is 5. The molecule has 7 nitrogen and oxygen atoms in total. The molecular formula is C20H27N3O4. The van der Waals surface area contributed by atoms with Crippen LogP contribution in [0.15, 0.2) is 35.5 Å². The number of carbonyl (C=O) groups excluding carboxylic acids is 2. The van der Waals surface area contributed by atoms with E-state index in [0.29, 0.717) is 31.0 Å². The lowest BCUT2D eigenvalue weighted by atomic mass is 9.93. The van der Waals surface area contributed by atoms with Crippen molar-refractivity contribution in [3.05, 3.63) is 46.7 Å². The van der Waals surface area contributed by atoms with Crippen LogP contribution in [0.3, 0.4) is 0 Å². The van der Waals surface area contributed by atoms with Crippen molar-refractivity contribution in [2.24, 2.45) is 0 Å². The fourth-order valence-corrected chi connectivity index (χ4v) is 3.38. The van der Waals surface area contributed by atoms with E-state index in [4.69, 9.17) is 9.47 Å². The molecule has 1 aromatic rings. The van der Waals surface area contributed by atoms with Gasteiger partial charge in [-0.3, -0.25) is 9.80 Å². The van der Waals surface area contributed by atoms with Gasteiger partial charge in [-0.25, -0.2) is 9.59 Å². The molecule has 0 aromatic heterocycles. The normalized spacial score (nSPS) is 21.2. The summed E-state index contributed by atoms with van der Waals surface area (Å²) < 4.78 is 10.8. The summed E-state index contributed by atoms with van der Waals surface area (Å²) in [4.78, 5) is 29.2. The summed E-state index contributed by atoms with van der Waals surface area (Å²) in [6.45, 7) is 7.41. The number of benzene rings is 1. The third-order valence-corrected chi connectivity index (χ3v) is 4.96. The summed E-state index contributed by atoms with van der Waals surface area (Å²) in [7, 11) is 1.69. The molecule has 0 saturated carbocycles. The first-order valence-electron chi connectivity index (χ1n) is 9.32. The Balaban J connectivity index is 2.03. The number of likely N-dealkylation sites (N-methyl/N-ethyl adjacent to an activating group) is 1. The summed E-state index contributed by atoms with van der Waals surface area (Å²) in [6, 6.07) is 7.09. The molecule has 2 aliphatic heterocycles. The van der Waals surface area contributed by atoms with Gasteiger partial charge in [0, 0.05) is 32.4 Å². The van der Waals surface area contributed by atoms with Gasteiger partial charge in [-0.05, 0) is 19.4 Å². The summed E-state index contributed by atoms with van der Waals surface area (Å²) in [5.74, 6) is -0.391. The van der Waals surface area contributed by atoms with Crippen LogP contribution in [0.2, 0.25) is 0 Å². The molecule has 0 unspecified atom stereocenters. The Kier molecular flexibility index (Phi) is 6.13. The number of amides is 2. The summed E-state index contributed by atoms with van der Waals surface area (Å²) >= 11 is 0. The van der Waals surface area contributed by atoms with E-state index < -0.39 is 12.0 Å². The Hall–Kier alpha value is -2.38. The highest BCUT2D eigenvalue weighted by molar-refractivity contribution is 5.95. The number of nitrogens with one attached hydrogen (secondary N) is 1. The van der Waals surface area contributed by atoms with Crippen molar-refractivity contribution >= 4 is 12.0 Å². The number of hydrogen-bond acceptors (Lipinski definition) is 5. The maximum Gasteiger partial charge on any atom is 0.338 e. The number of nitrogens with zero attached hydrogens (tertiary/aromatic N) is 2. The molecule has 2 amide bonds. The van der Waals surface area contributed by atoms with Crippen LogP contribution in [0.5, 0.6) is 0 Å². The summed E-state index contributed by atoms with van der Waals surface area (Å²) in [5, 5.41) is 2.94. The molecule has 0 aliphatic carbocycles. The Morgan fingerprint density at radius 3 is 2.56 bits per heavy atom. The molecule has 0 spiro atoms. The van der Waals surface area contributed by atoms with E-state index in [1.54, 1.807) is 14.0 Å². The van der Waals surface area contributed by atoms with E-state index in [9.17, 15) is 9.59 Å². The highest BCUT2D eigenvalue weighted by atomic mass is 16.5. The van der Waals surface area contributed by atoms with Crippen LogP contribution < -0.4 is 5.32 Å². The third-order valence-electron chi connectivity index (χ3n) is 4.96. The molecule has 27 heavy (non-hydrogen) atoms. The van der Waals surface area contributed by atoms with E-state index in [2.05, 4.69) is 10.2 Å². The molecular weight excluding hydrogens is 346 g/mol. The zero-order valence-electron chi connectivity index (χ0n) is 16.2. The number of ether oxygens (including phenoxy) is 2. The molecule has 1 aromatic carbocycles. The largest absolute Gasteiger partial charge is 0.463 e. The molecule has 7 heteroatoms. The second-order valence-corrected chi connectivity index (χ2v) is 6.82. The van der Waals surface area contributed by atoms with Crippen LogP contribution in [-0.2, 0) is 14.3 Å². The predicted molar refractivity (Wildman–Crippen MR) is 101 cm³/mol. The first-order valence-corrected chi connectivity index (χ1v) is 9.32. The van der Waals surface area contributed by atoms with Gasteiger partial charge < -0.3 is 14.8 Å². The molecule has 1 saturated heterocycles. The van der Waals surface area contributed by atoms with Crippen molar-refractivity contribution in [2.45, 2.75) is 19.9 Å². The minimum absolute atomic E-state index is 0.225. The van der Waals surface area contributed by atoms with Crippen molar-refractivity contribution < 1.29 is 19.1 Å². The molecule has 1 N–H and O–H groups in total. The molecule has 1 atom stereocenters. The van der Waals surface area contributed by atoms with Crippen LogP contribution in [0.1, 0.15) is 24.1 Å². The highest BCUT2D eigenvalue weighted by Crippen LogP contribution is 2.31. The van der Waals surface area contributed by atoms with Gasteiger partial charge in [-0.1, -0.05) is 29.8 Å². The van der Waals surface area contributed by atoms with Crippen LogP contribution in [-0.4, -0.2) is 68.3 Å². The lowest BCUT2D eigenvalue weighted by Crippen LogP contribution is -2.50. The average Bonchev–Trinajstić information content (AvgIpc) is 2.67. The Morgan fingerprint density at radius 1 is 1.26 bits per heavy atom. The quantitative estimate of drug-likeness (QED) is 0.798. The van der Waals surface area contributed by atoms with Crippen molar-refractivity contribution in [1.82, 2.24) is 15.1 Å². The number of esters is 1. The van der Waals surface area contributed by atoms with E-state index in [1.807, 2.05) is 31.2 Å². The zero-order chi connectivity index (χ0) is 19.4. The van der Waals surface area contributed by atoms with Crippen LogP contribution in [0, 0.1) is 6.92 Å². The molecule has 1 fully saturated rings. The smallest absolute Gasteiger partial charge is 0.338 e. The van der Waals surface area contributed by atoms with Crippen molar-refractivity contribution in [2.75, 3.05) is 46.5 Å². The molecule has 2 aliphatic rings. The van der Waals surface area contributed by atoms with E-state index in [0.717, 1.165) is 24.2 Å². The fourth-order valence-electron chi connectivity index (χ4n) is 3.38. The van der Waals surface area contributed by atoms with Crippen molar-refractivity contribution in [3.8, 4) is 0 Å². The maximum atomic E-state index is 12.9. The highest BCUT2D eigenvalue weighted by Gasteiger charge is 2.37. The monoisotopic (exact) mass is 373 g/mol. The third kappa shape index (κ3) is 4.31. The standard InChI is InChI=1S/C20H27N3O4/c1-4-27-19(24)17-16(13-23-9-11-26-12-10-23)22(3)20(25)21-18(17)15-7-5-14(2)6-8-15/h5-8,18H,4,9-13H2,1-3H3,(H,21,25)/t18-/m0/s1. The van der Waals surface area contributed by atoms with Crippen molar-refractivity contribution in [3.63, 3.8) is 0 Å². The first kappa shape index (κ1) is 19.4. The molecule has 3 rings (SSSR count). The number of morpholine rings is 1. The molecule has 2 heterocycles. The first-order chi connectivity index (χ1) is 13.0. The van der Waals surface area contributed by atoms with Gasteiger partial charge in [0.1, 0.15) is 0 Å². The van der Waals surface area contributed by atoms with E-state index in [-0.39, 0.29) is 12.6 Å². The van der Waals surface area contributed by atoms with E-state index >= 15 is 0 Å². The van der Waals surface area contributed by atoms with Crippen LogP contribution >= 0.6 is 0 Å². The van der Waals surface area contributed by atoms with Gasteiger partial charge in [-0.2, -0.15) is 0 Å². The number of urea groups is 1. The topological polar surface area (TPSA) is 71.1 Å². The minimum Gasteiger partial charge on any atom is -0.463 e. The molecule has 0 bridgehead atoms. The second kappa shape index (κ2) is 8.54. The van der Waals surface area contributed by atoms with Gasteiger partial charge in [0.15, 0.2) is 0 Å². The second-order valence-electron chi connectivity index (χ2n) is 6.82. The fraction of sp³-hybridized carbons (Fsp3) is 0.500. The minimum atomic E-state index is -0.524. The van der Waals surface area contributed by atoms with Gasteiger partial charge >= 0.3 is 12.0 Å². The van der Waals surface area contributed by atoms with Crippen molar-refractivity contribution in [1.29, 1.82) is 0 Å². The average molecular weight is 373 g/mol. The van der Waals surface area contributed by atoms with Gasteiger partial charge in [-0.15, -0.1) is 0 Å². The summed E-state index contributed by atoms with van der Waals surface area (Å²) in [5.41, 5.74) is 3.16. The SMILES string of the molecule is CCOC(=O)C1=C(CN2CCOCC2)N(C)C(=O)N[C@H]1c1ccc(C)cc1. The van der Waals surface area contributed by atoms with Gasteiger partial charge in [0.25, 0.3) is 0 Å². The Morgan fingerprint density at radius 2 is 1.93 bits per heavy atom. The Labute approximate surface area is 159 Å². The van der Waals surface area contributed by atoms with Crippen LogP contribution in [0.25, 0.3) is 0 Å². The van der Waals surface area contributed by atoms with Gasteiger partial charge in [0.2, 0.25) is 0 Å². The van der Waals surface area contributed by atoms with Gasteiger partial charge in [0.05, 0.1) is 31.4 Å². The predicted octanol–water partition coefficient (Wildman–Crippen LogP) is 1.84. The number of carbonyl (C=O) groups is 2. The van der Waals surface area contributed by atoms with Crippen LogP contribution in [0.4, 0.5) is 4.79 Å². The number of hydrogen-bond donors (Lipinski definition) is 1. The Bertz CT molecular complexity index is 723. The zero-order valence-corrected chi connectivity index (χ0v) is 16.2.